The summed E-state index contributed by atoms with van der Waals surface area (Å²) in [5.74, 6) is -0.335. The van der Waals surface area contributed by atoms with Gasteiger partial charge in [0.25, 0.3) is 0 Å². The minimum absolute atomic E-state index is 0.313. The number of carbonyl (C=O) groups excluding carboxylic acids is 1. The van der Waals surface area contributed by atoms with Crippen LogP contribution in [-0.2, 0) is 11.2 Å². The van der Waals surface area contributed by atoms with Gasteiger partial charge < -0.3 is 9.72 Å². The Labute approximate surface area is 160 Å². The normalized spacial score (nSPS) is 11.0. The molecule has 0 aliphatic rings. The Morgan fingerprint density at radius 1 is 0.846 bits per heavy atom. The number of unbranched alkanes of at least 4 members (excludes halogenated alkanes) is 14. The van der Waals surface area contributed by atoms with Crippen molar-refractivity contribution in [2.24, 2.45) is 0 Å². The summed E-state index contributed by atoms with van der Waals surface area (Å²) < 4.78 is 4.92. The summed E-state index contributed by atoms with van der Waals surface area (Å²) in [4.78, 5) is 17.9. The molecule has 0 fully saturated rings. The van der Waals surface area contributed by atoms with Crippen molar-refractivity contribution in [2.75, 3.05) is 0 Å². The van der Waals surface area contributed by atoms with Crippen LogP contribution in [-0.4, -0.2) is 15.9 Å². The molecule has 1 heterocycles. The first kappa shape index (κ1) is 22.7. The fourth-order valence-corrected chi connectivity index (χ4v) is 3.34. The zero-order valence-electron chi connectivity index (χ0n) is 17.2. The van der Waals surface area contributed by atoms with E-state index < -0.39 is 0 Å². The van der Waals surface area contributed by atoms with Crippen molar-refractivity contribution in [3.8, 4) is 6.01 Å². The highest BCUT2D eigenvalue weighted by Crippen LogP contribution is 2.14. The molecule has 0 saturated carbocycles. The Balaban J connectivity index is 1.81. The molecule has 0 radical (unpaired) electrons. The Morgan fingerprint density at radius 3 is 1.77 bits per heavy atom. The quantitative estimate of drug-likeness (QED) is 0.246. The fourth-order valence-electron chi connectivity index (χ4n) is 3.34. The number of aromatic amines is 1. The first-order valence-electron chi connectivity index (χ1n) is 10.9. The number of nitrogens with one attached hydrogen (secondary N) is 1. The third kappa shape index (κ3) is 13.0. The van der Waals surface area contributed by atoms with Crippen molar-refractivity contribution in [3.05, 3.63) is 11.9 Å². The summed E-state index contributed by atoms with van der Waals surface area (Å²) in [5.41, 5.74) is 1.05. The van der Waals surface area contributed by atoms with Crippen molar-refractivity contribution in [2.45, 2.75) is 117 Å². The lowest BCUT2D eigenvalue weighted by Crippen LogP contribution is -2.02. The number of carbonyl (C=O) groups is 1. The van der Waals surface area contributed by atoms with Gasteiger partial charge in [0.05, 0.1) is 6.20 Å². The fraction of sp³-hybridized carbons (Fsp3) is 0.818. The molecule has 26 heavy (non-hydrogen) atoms. The molecule has 0 atom stereocenters. The summed E-state index contributed by atoms with van der Waals surface area (Å²) in [6.07, 6.45) is 23.5. The molecule has 1 aromatic heterocycles. The maximum Gasteiger partial charge on any atom is 0.310 e. The standard InChI is InChI=1S/C22H40N2O2/c1-3-4-5-6-7-8-9-10-11-12-13-14-15-16-17-18-21-19-23-22(24-21)26-20(2)25/h19H,3-18H2,1-2H3,(H,23,24). The number of hydrogen-bond acceptors (Lipinski definition) is 3. The van der Waals surface area contributed by atoms with Crippen LogP contribution in [0.3, 0.4) is 0 Å². The number of hydrogen-bond donors (Lipinski definition) is 1. The minimum atomic E-state index is -0.335. The molecular weight excluding hydrogens is 324 g/mol. The van der Waals surface area contributed by atoms with Gasteiger partial charge in [-0.15, -0.1) is 0 Å². The molecule has 0 saturated heterocycles. The van der Waals surface area contributed by atoms with Crippen LogP contribution in [0.25, 0.3) is 0 Å². The van der Waals surface area contributed by atoms with Crippen LogP contribution in [0.4, 0.5) is 0 Å². The number of H-pyrrole nitrogens is 1. The largest absolute Gasteiger partial charge is 0.392 e. The zero-order valence-corrected chi connectivity index (χ0v) is 17.2. The van der Waals surface area contributed by atoms with Gasteiger partial charge in [0.2, 0.25) is 0 Å². The molecule has 0 spiro atoms. The number of aromatic nitrogens is 2. The monoisotopic (exact) mass is 364 g/mol. The SMILES string of the molecule is CCCCCCCCCCCCCCCCCc1cnc(OC(C)=O)[nH]1. The van der Waals surface area contributed by atoms with Gasteiger partial charge in [-0.3, -0.25) is 4.79 Å². The molecule has 0 aromatic carbocycles. The molecule has 0 aliphatic carbocycles. The molecule has 0 amide bonds. The molecule has 4 heteroatoms. The Kier molecular flexibility index (Phi) is 13.9. The van der Waals surface area contributed by atoms with Gasteiger partial charge in [0.15, 0.2) is 0 Å². The topological polar surface area (TPSA) is 55.0 Å². The third-order valence-corrected chi connectivity index (χ3v) is 4.90. The molecule has 1 N–H and O–H groups in total. The van der Waals surface area contributed by atoms with Gasteiger partial charge in [-0.05, 0) is 12.8 Å². The van der Waals surface area contributed by atoms with E-state index in [1.807, 2.05) is 0 Å². The number of ether oxygens (including phenoxy) is 1. The Morgan fingerprint density at radius 2 is 1.31 bits per heavy atom. The van der Waals surface area contributed by atoms with Crippen LogP contribution in [0.2, 0.25) is 0 Å². The van der Waals surface area contributed by atoms with Crippen molar-refractivity contribution < 1.29 is 9.53 Å². The molecule has 150 valence electrons. The van der Waals surface area contributed by atoms with Crippen LogP contribution in [0, 0.1) is 0 Å². The summed E-state index contributed by atoms with van der Waals surface area (Å²) in [6.45, 7) is 3.67. The Bertz CT molecular complexity index is 457. The smallest absolute Gasteiger partial charge is 0.310 e. The molecule has 4 nitrogen and oxygen atoms in total. The lowest BCUT2D eigenvalue weighted by Gasteiger charge is -2.03. The van der Waals surface area contributed by atoms with Crippen LogP contribution in [0.1, 0.15) is 116 Å². The summed E-state index contributed by atoms with van der Waals surface area (Å²) in [6, 6.07) is 0.313. The van der Waals surface area contributed by atoms with Gasteiger partial charge in [-0.25, -0.2) is 4.98 Å². The number of esters is 1. The summed E-state index contributed by atoms with van der Waals surface area (Å²) in [7, 11) is 0. The van der Waals surface area contributed by atoms with Gasteiger partial charge >= 0.3 is 12.0 Å². The van der Waals surface area contributed by atoms with Crippen molar-refractivity contribution in [1.29, 1.82) is 0 Å². The van der Waals surface area contributed by atoms with Crippen LogP contribution >= 0.6 is 0 Å². The van der Waals surface area contributed by atoms with Gasteiger partial charge in [-0.1, -0.05) is 96.8 Å². The average Bonchev–Trinajstić information content (AvgIpc) is 3.05. The highest BCUT2D eigenvalue weighted by atomic mass is 16.5. The summed E-state index contributed by atoms with van der Waals surface area (Å²) >= 11 is 0. The van der Waals surface area contributed by atoms with Gasteiger partial charge in [0, 0.05) is 12.6 Å². The van der Waals surface area contributed by atoms with E-state index in [2.05, 4.69) is 16.9 Å². The number of aryl methyl sites for hydroxylation is 1. The van der Waals surface area contributed by atoms with Crippen LogP contribution in [0.5, 0.6) is 6.01 Å². The van der Waals surface area contributed by atoms with Gasteiger partial charge in [0.1, 0.15) is 0 Å². The predicted octanol–water partition coefficient (Wildman–Crippen LogP) is 6.75. The van der Waals surface area contributed by atoms with E-state index in [9.17, 15) is 4.79 Å². The highest BCUT2D eigenvalue weighted by Gasteiger charge is 2.03. The molecule has 0 aliphatic heterocycles. The van der Waals surface area contributed by atoms with E-state index in [0.29, 0.717) is 6.01 Å². The second-order valence-corrected chi connectivity index (χ2v) is 7.51. The Hall–Kier alpha value is -1.32. The summed E-state index contributed by atoms with van der Waals surface area (Å²) in [5, 5.41) is 0. The third-order valence-electron chi connectivity index (χ3n) is 4.90. The van der Waals surface area contributed by atoms with Crippen LogP contribution in [0.15, 0.2) is 6.20 Å². The molecule has 0 unspecified atom stereocenters. The predicted molar refractivity (Wildman–Crippen MR) is 109 cm³/mol. The first-order valence-corrected chi connectivity index (χ1v) is 10.9. The molecule has 1 rings (SSSR count). The number of nitrogens with zero attached hydrogens (tertiary/aromatic N) is 1. The zero-order chi connectivity index (χ0) is 18.9. The molecule has 0 bridgehead atoms. The maximum absolute atomic E-state index is 10.8. The van der Waals surface area contributed by atoms with E-state index in [4.69, 9.17) is 4.74 Å². The van der Waals surface area contributed by atoms with Crippen molar-refractivity contribution in [3.63, 3.8) is 0 Å². The minimum Gasteiger partial charge on any atom is -0.392 e. The first-order chi connectivity index (χ1) is 12.7. The average molecular weight is 365 g/mol. The second kappa shape index (κ2) is 15.9. The van der Waals surface area contributed by atoms with E-state index >= 15 is 0 Å². The lowest BCUT2D eigenvalue weighted by molar-refractivity contribution is -0.132. The van der Waals surface area contributed by atoms with Crippen molar-refractivity contribution >= 4 is 5.97 Å². The molecular formula is C22H40N2O2. The number of rotatable bonds is 17. The van der Waals surface area contributed by atoms with E-state index in [1.165, 1.54) is 103 Å². The maximum atomic E-state index is 10.8. The van der Waals surface area contributed by atoms with Gasteiger partial charge in [-0.2, -0.15) is 0 Å². The van der Waals surface area contributed by atoms with Crippen LogP contribution < -0.4 is 4.74 Å². The van der Waals surface area contributed by atoms with E-state index in [1.54, 1.807) is 6.20 Å². The van der Waals surface area contributed by atoms with Crippen molar-refractivity contribution in [1.82, 2.24) is 9.97 Å². The van der Waals surface area contributed by atoms with E-state index in [-0.39, 0.29) is 5.97 Å². The number of imidazole rings is 1. The molecule has 1 aromatic rings. The second-order valence-electron chi connectivity index (χ2n) is 7.51. The lowest BCUT2D eigenvalue weighted by atomic mass is 10.0. The highest BCUT2D eigenvalue weighted by molar-refractivity contribution is 5.68. The van der Waals surface area contributed by atoms with E-state index in [0.717, 1.165) is 12.1 Å².